The first-order valence-corrected chi connectivity index (χ1v) is 10.6. The Labute approximate surface area is 176 Å². The molecule has 0 saturated carbocycles. The lowest BCUT2D eigenvalue weighted by Gasteiger charge is -2.32. The molecule has 29 heavy (non-hydrogen) atoms. The molecule has 1 amide bonds. The fourth-order valence-corrected chi connectivity index (χ4v) is 3.85. The van der Waals surface area contributed by atoms with E-state index in [4.69, 9.17) is 4.74 Å². The molecule has 0 saturated heterocycles. The van der Waals surface area contributed by atoms with Crippen molar-refractivity contribution >= 4 is 12.2 Å². The van der Waals surface area contributed by atoms with Crippen molar-refractivity contribution in [3.63, 3.8) is 0 Å². The molecule has 1 aliphatic rings. The summed E-state index contributed by atoms with van der Waals surface area (Å²) in [6.07, 6.45) is 7.37. The minimum absolute atomic E-state index is 0.212. The second kappa shape index (κ2) is 9.62. The van der Waals surface area contributed by atoms with Crippen molar-refractivity contribution in [2.75, 3.05) is 6.54 Å². The Balaban J connectivity index is 1.97. The Bertz CT molecular complexity index is 769. The van der Waals surface area contributed by atoms with Gasteiger partial charge in [-0.15, -0.1) is 0 Å². The summed E-state index contributed by atoms with van der Waals surface area (Å²) in [5, 5.41) is 13.2. The molecule has 0 fully saturated rings. The number of nitrogens with one attached hydrogen (secondary N) is 1. The van der Waals surface area contributed by atoms with Crippen LogP contribution in [0.1, 0.15) is 84.5 Å². The van der Waals surface area contributed by atoms with Gasteiger partial charge in [0.2, 0.25) is 0 Å². The third-order valence-corrected chi connectivity index (χ3v) is 5.37. The number of hydrogen-bond acceptors (Lipinski definition) is 3. The van der Waals surface area contributed by atoms with Gasteiger partial charge in [0.1, 0.15) is 5.60 Å². The average molecular weight is 400 g/mol. The second-order valence-electron chi connectivity index (χ2n) is 9.67. The van der Waals surface area contributed by atoms with Crippen molar-refractivity contribution in [3.8, 4) is 0 Å². The molecule has 160 valence electrons. The van der Waals surface area contributed by atoms with Gasteiger partial charge in [0.25, 0.3) is 0 Å². The highest BCUT2D eigenvalue weighted by molar-refractivity contribution is 5.67. The van der Waals surface area contributed by atoms with E-state index >= 15 is 0 Å². The monoisotopic (exact) mass is 399 g/mol. The van der Waals surface area contributed by atoms with Crippen molar-refractivity contribution in [3.05, 3.63) is 52.6 Å². The number of rotatable bonds is 6. The van der Waals surface area contributed by atoms with Crippen LogP contribution in [-0.4, -0.2) is 23.3 Å². The summed E-state index contributed by atoms with van der Waals surface area (Å²) in [5.74, 6) is 0. The molecule has 1 aromatic carbocycles. The summed E-state index contributed by atoms with van der Waals surface area (Å²) in [4.78, 5) is 11.7. The Morgan fingerprint density at radius 2 is 2.03 bits per heavy atom. The molecule has 1 unspecified atom stereocenters. The SMILES string of the molecule is CC1=C(/C=C/c2cccc(C(O)CCNC(=O)OC(C)(C)C)c2)C(C)(C)CCC1. The molecule has 2 rings (SSSR count). The molecule has 0 heterocycles. The van der Waals surface area contributed by atoms with Crippen molar-refractivity contribution in [2.45, 2.75) is 78.9 Å². The average Bonchev–Trinajstić information content (AvgIpc) is 2.59. The number of amides is 1. The largest absolute Gasteiger partial charge is 0.444 e. The van der Waals surface area contributed by atoms with Crippen LogP contribution in [0, 0.1) is 5.41 Å². The Hall–Kier alpha value is -2.07. The molecule has 1 aromatic rings. The Morgan fingerprint density at radius 1 is 1.31 bits per heavy atom. The number of allylic oxidation sites excluding steroid dienone is 3. The van der Waals surface area contributed by atoms with Gasteiger partial charge in [0.05, 0.1) is 6.10 Å². The highest BCUT2D eigenvalue weighted by atomic mass is 16.6. The van der Waals surface area contributed by atoms with E-state index in [0.29, 0.717) is 13.0 Å². The highest BCUT2D eigenvalue weighted by Gasteiger charge is 2.26. The maximum atomic E-state index is 11.7. The second-order valence-corrected chi connectivity index (χ2v) is 9.67. The van der Waals surface area contributed by atoms with E-state index in [2.05, 4.69) is 44.3 Å². The molecule has 0 aromatic heterocycles. The van der Waals surface area contributed by atoms with Gasteiger partial charge in [0, 0.05) is 6.54 Å². The van der Waals surface area contributed by atoms with Gasteiger partial charge in [-0.2, -0.15) is 0 Å². The van der Waals surface area contributed by atoms with Gasteiger partial charge in [-0.05, 0) is 81.6 Å². The lowest BCUT2D eigenvalue weighted by molar-refractivity contribution is 0.0518. The molecule has 0 bridgehead atoms. The lowest BCUT2D eigenvalue weighted by atomic mass is 9.72. The first kappa shape index (κ1) is 23.2. The van der Waals surface area contributed by atoms with E-state index in [1.54, 1.807) is 0 Å². The summed E-state index contributed by atoms with van der Waals surface area (Å²) in [5.41, 5.74) is 4.51. The van der Waals surface area contributed by atoms with E-state index < -0.39 is 17.8 Å². The van der Waals surface area contributed by atoms with E-state index in [-0.39, 0.29) is 5.41 Å². The van der Waals surface area contributed by atoms with Crippen LogP contribution in [0.5, 0.6) is 0 Å². The topological polar surface area (TPSA) is 58.6 Å². The zero-order chi connectivity index (χ0) is 21.7. The maximum Gasteiger partial charge on any atom is 0.407 e. The molecule has 0 aliphatic heterocycles. The number of alkyl carbamates (subject to hydrolysis) is 1. The van der Waals surface area contributed by atoms with Crippen LogP contribution in [0.15, 0.2) is 41.5 Å². The number of carbonyl (C=O) groups is 1. The molecule has 4 nitrogen and oxygen atoms in total. The Morgan fingerprint density at radius 3 is 2.69 bits per heavy atom. The van der Waals surface area contributed by atoms with Crippen LogP contribution in [0.3, 0.4) is 0 Å². The van der Waals surface area contributed by atoms with Gasteiger partial charge in [0.15, 0.2) is 0 Å². The van der Waals surface area contributed by atoms with Crippen LogP contribution >= 0.6 is 0 Å². The van der Waals surface area contributed by atoms with E-state index in [9.17, 15) is 9.90 Å². The van der Waals surface area contributed by atoms with Gasteiger partial charge in [-0.25, -0.2) is 4.79 Å². The fourth-order valence-electron chi connectivity index (χ4n) is 3.85. The number of hydrogen-bond donors (Lipinski definition) is 2. The quantitative estimate of drug-likeness (QED) is 0.601. The standard InChI is InChI=1S/C25H37NO3/c1-18-9-8-15-25(5,6)21(18)13-12-19-10-7-11-20(17-19)22(27)14-16-26-23(28)29-24(2,3)4/h7,10-13,17,22,27H,8-9,14-16H2,1-6H3,(H,26,28)/b13-12+. The number of ether oxygens (including phenoxy) is 1. The first-order valence-electron chi connectivity index (χ1n) is 10.6. The minimum atomic E-state index is -0.634. The van der Waals surface area contributed by atoms with E-state index in [0.717, 1.165) is 11.1 Å². The molecule has 0 radical (unpaired) electrons. The zero-order valence-electron chi connectivity index (χ0n) is 18.8. The molecule has 4 heteroatoms. The summed E-state index contributed by atoms with van der Waals surface area (Å²) >= 11 is 0. The first-order chi connectivity index (χ1) is 13.5. The van der Waals surface area contributed by atoms with Gasteiger partial charge >= 0.3 is 6.09 Å². The summed E-state index contributed by atoms with van der Waals surface area (Å²) in [6.45, 7) is 12.7. The van der Waals surface area contributed by atoms with Gasteiger partial charge in [-0.1, -0.05) is 49.8 Å². The number of carbonyl (C=O) groups excluding carboxylic acids is 1. The third-order valence-electron chi connectivity index (χ3n) is 5.37. The Kier molecular flexibility index (Phi) is 7.70. The molecule has 0 spiro atoms. The van der Waals surface area contributed by atoms with Gasteiger partial charge < -0.3 is 15.2 Å². The molecular formula is C25H37NO3. The molecule has 2 N–H and O–H groups in total. The van der Waals surface area contributed by atoms with Crippen molar-refractivity contribution in [1.82, 2.24) is 5.32 Å². The van der Waals surface area contributed by atoms with Crippen LogP contribution in [0.4, 0.5) is 4.79 Å². The highest BCUT2D eigenvalue weighted by Crippen LogP contribution is 2.41. The number of aliphatic hydroxyl groups is 1. The predicted octanol–water partition coefficient (Wildman–Crippen LogP) is 6.17. The lowest BCUT2D eigenvalue weighted by Crippen LogP contribution is -2.33. The van der Waals surface area contributed by atoms with Crippen molar-refractivity contribution in [1.29, 1.82) is 0 Å². The minimum Gasteiger partial charge on any atom is -0.444 e. The zero-order valence-corrected chi connectivity index (χ0v) is 18.8. The third kappa shape index (κ3) is 7.36. The van der Waals surface area contributed by atoms with E-state index in [1.807, 2.05) is 39.0 Å². The maximum absolute atomic E-state index is 11.7. The van der Waals surface area contributed by atoms with E-state index in [1.165, 1.54) is 30.4 Å². The summed E-state index contributed by atoms with van der Waals surface area (Å²) < 4.78 is 5.21. The fraction of sp³-hybridized carbons (Fsp3) is 0.560. The number of benzene rings is 1. The molecular weight excluding hydrogens is 362 g/mol. The van der Waals surface area contributed by atoms with Crippen molar-refractivity contribution in [2.24, 2.45) is 5.41 Å². The smallest absolute Gasteiger partial charge is 0.407 e. The van der Waals surface area contributed by atoms with Crippen LogP contribution in [0.2, 0.25) is 0 Å². The van der Waals surface area contributed by atoms with Gasteiger partial charge in [-0.3, -0.25) is 0 Å². The number of aliphatic hydroxyl groups excluding tert-OH is 1. The molecule has 1 aliphatic carbocycles. The predicted molar refractivity (Wildman–Crippen MR) is 120 cm³/mol. The normalized spacial score (nSPS) is 18.0. The van der Waals surface area contributed by atoms with Crippen LogP contribution in [-0.2, 0) is 4.74 Å². The van der Waals surface area contributed by atoms with Crippen LogP contribution < -0.4 is 5.32 Å². The van der Waals surface area contributed by atoms with Crippen molar-refractivity contribution < 1.29 is 14.6 Å². The summed E-state index contributed by atoms with van der Waals surface area (Å²) in [7, 11) is 0. The summed E-state index contributed by atoms with van der Waals surface area (Å²) in [6, 6.07) is 7.95. The molecule has 1 atom stereocenters. The van der Waals surface area contributed by atoms with Crippen LogP contribution in [0.25, 0.3) is 6.08 Å².